The summed E-state index contributed by atoms with van der Waals surface area (Å²) >= 11 is 0. The molecular formula is C25H30F4O2. The minimum Gasteiger partial charge on any atom is -0.481 e. The van der Waals surface area contributed by atoms with Crippen LogP contribution in [0.15, 0.2) is 30.3 Å². The lowest BCUT2D eigenvalue weighted by Crippen LogP contribution is -2.24. The number of benzene rings is 2. The van der Waals surface area contributed by atoms with E-state index in [1.807, 2.05) is 13.8 Å². The molecule has 0 bridgehead atoms. The van der Waals surface area contributed by atoms with E-state index < -0.39 is 40.4 Å². The Morgan fingerprint density at radius 1 is 1.10 bits per heavy atom. The highest BCUT2D eigenvalue weighted by Gasteiger charge is 2.40. The normalized spacial score (nSPS) is 13.3. The van der Waals surface area contributed by atoms with E-state index >= 15 is 4.39 Å². The van der Waals surface area contributed by atoms with Crippen molar-refractivity contribution in [2.75, 3.05) is 0 Å². The van der Waals surface area contributed by atoms with Crippen LogP contribution in [-0.4, -0.2) is 11.1 Å². The van der Waals surface area contributed by atoms with Gasteiger partial charge >= 0.3 is 12.1 Å². The number of carboxylic acids is 1. The van der Waals surface area contributed by atoms with Crippen LogP contribution in [0.4, 0.5) is 17.6 Å². The van der Waals surface area contributed by atoms with Gasteiger partial charge in [0.05, 0.1) is 11.5 Å². The zero-order chi connectivity index (χ0) is 23.6. The van der Waals surface area contributed by atoms with Crippen LogP contribution in [0.25, 0.3) is 11.1 Å². The molecular weight excluding hydrogens is 408 g/mol. The summed E-state index contributed by atoms with van der Waals surface area (Å²) in [5.74, 6) is -3.75. The zero-order valence-corrected chi connectivity index (χ0v) is 18.7. The van der Waals surface area contributed by atoms with Gasteiger partial charge < -0.3 is 5.11 Å². The summed E-state index contributed by atoms with van der Waals surface area (Å²) < 4.78 is 56.9. The van der Waals surface area contributed by atoms with Crippen molar-refractivity contribution in [1.82, 2.24) is 0 Å². The van der Waals surface area contributed by atoms with E-state index in [1.54, 1.807) is 39.0 Å². The maximum atomic E-state index is 15.1. The highest BCUT2D eigenvalue weighted by atomic mass is 19.4. The molecule has 0 saturated carbocycles. The zero-order valence-electron chi connectivity index (χ0n) is 18.7. The van der Waals surface area contributed by atoms with Crippen LogP contribution < -0.4 is 0 Å². The molecule has 0 spiro atoms. The average Bonchev–Trinajstić information content (AvgIpc) is 2.63. The SMILES string of the molecule is CCCCc1cc(-c2c(F)ccc(C(F)(F)F)c2C(CC(C)(C)C)C(=O)O)ccc1C. The molecule has 2 nitrogen and oxygen atoms in total. The van der Waals surface area contributed by atoms with Gasteiger partial charge in [-0.3, -0.25) is 4.79 Å². The molecule has 170 valence electrons. The molecule has 2 aromatic rings. The third-order valence-corrected chi connectivity index (χ3v) is 5.40. The lowest BCUT2D eigenvalue weighted by atomic mass is 9.77. The molecule has 0 fully saturated rings. The van der Waals surface area contributed by atoms with Crippen molar-refractivity contribution in [2.24, 2.45) is 5.41 Å². The van der Waals surface area contributed by atoms with Crippen LogP contribution in [0, 0.1) is 18.2 Å². The summed E-state index contributed by atoms with van der Waals surface area (Å²) in [6, 6.07) is 6.46. The molecule has 0 saturated heterocycles. The first-order chi connectivity index (χ1) is 14.3. The smallest absolute Gasteiger partial charge is 0.416 e. The van der Waals surface area contributed by atoms with Crippen molar-refractivity contribution < 1.29 is 27.5 Å². The molecule has 1 unspecified atom stereocenters. The fourth-order valence-electron chi connectivity index (χ4n) is 3.88. The van der Waals surface area contributed by atoms with Crippen LogP contribution in [0.3, 0.4) is 0 Å². The summed E-state index contributed by atoms with van der Waals surface area (Å²) in [6.07, 6.45) is -2.31. The van der Waals surface area contributed by atoms with Crippen LogP contribution in [0.1, 0.15) is 75.1 Å². The Kier molecular flexibility index (Phi) is 7.56. The van der Waals surface area contributed by atoms with Crippen molar-refractivity contribution in [2.45, 2.75) is 72.4 Å². The fraction of sp³-hybridized carbons (Fsp3) is 0.480. The molecule has 0 aliphatic heterocycles. The summed E-state index contributed by atoms with van der Waals surface area (Å²) in [4.78, 5) is 12.1. The van der Waals surface area contributed by atoms with E-state index in [2.05, 4.69) is 0 Å². The number of carbonyl (C=O) groups is 1. The quantitative estimate of drug-likeness (QED) is 0.448. The van der Waals surface area contributed by atoms with Gasteiger partial charge in [0.25, 0.3) is 0 Å². The summed E-state index contributed by atoms with van der Waals surface area (Å²) in [7, 11) is 0. The van der Waals surface area contributed by atoms with Crippen LogP contribution in [0.2, 0.25) is 0 Å². The fourth-order valence-corrected chi connectivity index (χ4v) is 3.88. The van der Waals surface area contributed by atoms with E-state index in [9.17, 15) is 23.1 Å². The maximum Gasteiger partial charge on any atom is 0.416 e. The maximum absolute atomic E-state index is 15.1. The molecule has 2 rings (SSSR count). The Balaban J connectivity index is 2.86. The molecule has 2 aromatic carbocycles. The Labute approximate surface area is 181 Å². The summed E-state index contributed by atoms with van der Waals surface area (Å²) in [5, 5.41) is 9.87. The minimum absolute atomic E-state index is 0.0591. The van der Waals surface area contributed by atoms with Gasteiger partial charge in [0, 0.05) is 5.56 Å². The van der Waals surface area contributed by atoms with E-state index in [0.717, 1.165) is 36.5 Å². The molecule has 31 heavy (non-hydrogen) atoms. The van der Waals surface area contributed by atoms with Gasteiger partial charge in [-0.25, -0.2) is 4.39 Å². The molecule has 0 amide bonds. The predicted molar refractivity (Wildman–Crippen MR) is 115 cm³/mol. The highest BCUT2D eigenvalue weighted by Crippen LogP contribution is 2.45. The van der Waals surface area contributed by atoms with Crippen molar-refractivity contribution >= 4 is 5.97 Å². The van der Waals surface area contributed by atoms with E-state index in [-0.39, 0.29) is 17.5 Å². The topological polar surface area (TPSA) is 37.3 Å². The van der Waals surface area contributed by atoms with Gasteiger partial charge in [-0.15, -0.1) is 0 Å². The Bertz CT molecular complexity index is 940. The number of aliphatic carboxylic acids is 1. The van der Waals surface area contributed by atoms with Crippen LogP contribution >= 0.6 is 0 Å². The summed E-state index contributed by atoms with van der Waals surface area (Å²) in [5.41, 5.74) is -0.286. The molecule has 0 heterocycles. The lowest BCUT2D eigenvalue weighted by Gasteiger charge is -2.28. The standard InChI is InChI=1S/C25H30F4O2/c1-6-7-8-16-13-17(10-9-15(16)2)21-20(26)12-11-19(25(27,28)29)22(21)18(23(30)31)14-24(3,4)5/h9-13,18H,6-8,14H2,1-5H3,(H,30,31). The number of carboxylic acid groups (broad SMARTS) is 1. The van der Waals surface area contributed by atoms with Gasteiger partial charge in [0.2, 0.25) is 0 Å². The van der Waals surface area contributed by atoms with Crippen molar-refractivity contribution in [3.63, 3.8) is 0 Å². The lowest BCUT2D eigenvalue weighted by molar-refractivity contribution is -0.142. The Hall–Kier alpha value is -2.37. The number of rotatable bonds is 7. The third-order valence-electron chi connectivity index (χ3n) is 5.40. The number of hydrogen-bond donors (Lipinski definition) is 1. The van der Waals surface area contributed by atoms with Crippen LogP contribution in [0.5, 0.6) is 0 Å². The first-order valence-corrected chi connectivity index (χ1v) is 10.5. The number of unbranched alkanes of at least 4 members (excludes halogenated alkanes) is 1. The Morgan fingerprint density at radius 3 is 2.26 bits per heavy atom. The highest BCUT2D eigenvalue weighted by molar-refractivity contribution is 5.83. The second-order valence-electron chi connectivity index (χ2n) is 9.28. The summed E-state index contributed by atoms with van der Waals surface area (Å²) in [6.45, 7) is 9.20. The molecule has 0 aromatic heterocycles. The van der Waals surface area contributed by atoms with E-state index in [1.165, 1.54) is 0 Å². The number of hydrogen-bond acceptors (Lipinski definition) is 1. The van der Waals surface area contributed by atoms with Gasteiger partial charge in [-0.05, 0) is 66.0 Å². The van der Waals surface area contributed by atoms with E-state index in [4.69, 9.17) is 0 Å². The number of halogens is 4. The predicted octanol–water partition coefficient (Wildman–Crippen LogP) is 7.77. The van der Waals surface area contributed by atoms with Crippen molar-refractivity contribution in [3.8, 4) is 11.1 Å². The first-order valence-electron chi connectivity index (χ1n) is 10.5. The van der Waals surface area contributed by atoms with Gasteiger partial charge in [0.15, 0.2) is 0 Å². The van der Waals surface area contributed by atoms with E-state index in [0.29, 0.717) is 6.07 Å². The van der Waals surface area contributed by atoms with Gasteiger partial charge in [0.1, 0.15) is 5.82 Å². The largest absolute Gasteiger partial charge is 0.481 e. The molecule has 1 atom stereocenters. The molecule has 6 heteroatoms. The molecule has 0 aliphatic carbocycles. The minimum atomic E-state index is -4.81. The van der Waals surface area contributed by atoms with Crippen LogP contribution in [-0.2, 0) is 17.4 Å². The molecule has 0 radical (unpaired) electrons. The average molecular weight is 439 g/mol. The second-order valence-corrected chi connectivity index (χ2v) is 9.28. The molecule has 0 aliphatic rings. The third kappa shape index (κ3) is 6.08. The number of aryl methyl sites for hydroxylation is 2. The van der Waals surface area contributed by atoms with Gasteiger partial charge in [-0.1, -0.05) is 52.3 Å². The Morgan fingerprint density at radius 2 is 1.74 bits per heavy atom. The van der Waals surface area contributed by atoms with Gasteiger partial charge in [-0.2, -0.15) is 13.2 Å². The second kappa shape index (κ2) is 9.41. The number of alkyl halides is 3. The van der Waals surface area contributed by atoms with Crippen molar-refractivity contribution in [3.05, 3.63) is 58.4 Å². The first kappa shape index (κ1) is 24.9. The molecule has 1 N–H and O–H groups in total. The monoisotopic (exact) mass is 438 g/mol. The van der Waals surface area contributed by atoms with Crippen molar-refractivity contribution in [1.29, 1.82) is 0 Å².